The first kappa shape index (κ1) is 32.4. The molecule has 0 aromatic heterocycles. The Morgan fingerprint density at radius 3 is 1.94 bits per heavy atom. The van der Waals surface area contributed by atoms with Crippen LogP contribution in [0.1, 0.15) is 90.9 Å². The van der Waals surface area contributed by atoms with Gasteiger partial charge in [-0.15, -0.1) is 0 Å². The number of esters is 1. The number of carbonyl (C=O) groups excluding carboxylic acids is 2. The van der Waals surface area contributed by atoms with Crippen LogP contribution in [0.25, 0.3) is 0 Å². The maximum atomic E-state index is 12.1. The molecule has 10 heteroatoms. The lowest BCUT2D eigenvalue weighted by molar-refractivity contribution is -0.135. The number of nitrogens with one attached hydrogen (secondary N) is 1. The van der Waals surface area contributed by atoms with Gasteiger partial charge in [-0.1, -0.05) is 81.9 Å². The molecule has 1 N–H and O–H groups in total. The van der Waals surface area contributed by atoms with E-state index in [1.165, 1.54) is 38.5 Å². The highest BCUT2D eigenvalue weighted by atomic mass is 32.3. The van der Waals surface area contributed by atoms with Crippen LogP contribution in [0.4, 0.5) is 0 Å². The Labute approximate surface area is 219 Å². The van der Waals surface area contributed by atoms with Crippen molar-refractivity contribution in [1.82, 2.24) is 5.32 Å². The highest BCUT2D eigenvalue weighted by Gasteiger charge is 2.29. The molecule has 1 atom stereocenters. The molecule has 1 aromatic carbocycles. The lowest BCUT2D eigenvalue weighted by Crippen LogP contribution is -2.31. The van der Waals surface area contributed by atoms with Crippen molar-refractivity contribution in [3.05, 3.63) is 24.3 Å². The second-order valence-corrected chi connectivity index (χ2v) is 13.6. The van der Waals surface area contributed by atoms with Crippen LogP contribution < -0.4 is 10.1 Å². The largest absolute Gasteiger partial charge is 0.425 e. The van der Waals surface area contributed by atoms with Crippen LogP contribution >= 0.6 is 10.3 Å². The molecule has 208 valence electrons. The normalized spacial score (nSPS) is 14.1. The van der Waals surface area contributed by atoms with Crippen molar-refractivity contribution in [2.45, 2.75) is 95.8 Å². The third-order valence-electron chi connectivity index (χ3n) is 5.82. The van der Waals surface area contributed by atoms with Gasteiger partial charge in [-0.2, -0.15) is 12.0 Å². The molecule has 0 aliphatic carbocycles. The van der Waals surface area contributed by atoms with Gasteiger partial charge in [-0.3, -0.25) is 8.98 Å². The van der Waals surface area contributed by atoms with E-state index in [9.17, 15) is 18.0 Å². The fourth-order valence-electron chi connectivity index (χ4n) is 3.64. The minimum absolute atomic E-state index is 0.156. The third-order valence-corrected chi connectivity index (χ3v) is 10.4. The third kappa shape index (κ3) is 13.6. The molecule has 0 aliphatic rings. The molecular weight excluding hydrogens is 502 g/mol. The number of carbonyl (C=O) groups is 2. The van der Waals surface area contributed by atoms with Gasteiger partial charge in [0.25, 0.3) is 0 Å². The average Bonchev–Trinajstić information content (AvgIpc) is 2.85. The molecule has 1 rings (SSSR count). The summed E-state index contributed by atoms with van der Waals surface area (Å²) in [5.74, 6) is 0.138. The Morgan fingerprint density at radius 1 is 0.833 bits per heavy atom. The molecule has 8 nitrogen and oxygen atoms in total. The van der Waals surface area contributed by atoms with E-state index in [4.69, 9.17) is 8.37 Å². The predicted octanol–water partition coefficient (Wildman–Crippen LogP) is 6.05. The van der Waals surface area contributed by atoms with Gasteiger partial charge in [0.05, 0.1) is 7.11 Å². The van der Waals surface area contributed by atoms with Gasteiger partial charge in [-0.05, 0) is 43.4 Å². The lowest BCUT2D eigenvalue weighted by Gasteiger charge is -2.34. The van der Waals surface area contributed by atoms with Crippen molar-refractivity contribution in [2.24, 2.45) is 0 Å². The number of amides is 1. The standard InChI is InChI=1S/C26H45NO7S2/c1-5-7-9-10-11-12-13-14-15-16-25(28)27-22-26(29)33-23-17-19-24(20-18-23)35(4,21-8-6-2)34-36(30,31)32-3/h17-20H,5-16,21-22H2,1-4H3,(H,27,28). The van der Waals surface area contributed by atoms with Crippen LogP contribution in [0.3, 0.4) is 0 Å². The molecule has 0 bridgehead atoms. The highest BCUT2D eigenvalue weighted by Crippen LogP contribution is 2.55. The van der Waals surface area contributed by atoms with Crippen LogP contribution in [0.5, 0.6) is 5.75 Å². The van der Waals surface area contributed by atoms with Crippen molar-refractivity contribution < 1.29 is 30.6 Å². The molecular formula is C26H45NO7S2. The van der Waals surface area contributed by atoms with Crippen molar-refractivity contribution in [1.29, 1.82) is 0 Å². The van der Waals surface area contributed by atoms with Gasteiger partial charge in [-0.25, -0.2) is 4.79 Å². The lowest BCUT2D eigenvalue weighted by atomic mass is 10.1. The van der Waals surface area contributed by atoms with Crippen LogP contribution in [-0.4, -0.2) is 46.0 Å². The zero-order valence-corrected chi connectivity index (χ0v) is 24.0. The number of unbranched alkanes of at least 4 members (excludes halogenated alkanes) is 9. The predicted molar refractivity (Wildman–Crippen MR) is 146 cm³/mol. The second kappa shape index (κ2) is 17.8. The maximum Gasteiger partial charge on any atom is 0.409 e. The molecule has 0 saturated heterocycles. The van der Waals surface area contributed by atoms with Crippen molar-refractivity contribution in [2.75, 3.05) is 25.7 Å². The summed E-state index contributed by atoms with van der Waals surface area (Å²) in [6, 6.07) is 6.58. The quantitative estimate of drug-likeness (QED) is 0.120. The van der Waals surface area contributed by atoms with Crippen LogP contribution in [0.15, 0.2) is 29.2 Å². The van der Waals surface area contributed by atoms with Crippen molar-refractivity contribution in [3.8, 4) is 5.75 Å². The number of hydrogen-bond donors (Lipinski definition) is 1. The van der Waals surface area contributed by atoms with E-state index >= 15 is 0 Å². The molecule has 0 aliphatic heterocycles. The van der Waals surface area contributed by atoms with E-state index in [1.807, 2.05) is 6.92 Å². The number of hydrogen-bond acceptors (Lipinski definition) is 7. The van der Waals surface area contributed by atoms with E-state index in [2.05, 4.69) is 16.4 Å². The molecule has 0 fully saturated rings. The summed E-state index contributed by atoms with van der Waals surface area (Å²) in [5.41, 5.74) is 0. The summed E-state index contributed by atoms with van der Waals surface area (Å²) in [6.45, 7) is 4.03. The topological polar surface area (TPSA) is 108 Å². The van der Waals surface area contributed by atoms with Crippen molar-refractivity contribution >= 4 is 32.6 Å². The molecule has 0 heterocycles. The molecule has 0 saturated carbocycles. The Hall–Kier alpha value is -1.62. The molecule has 0 spiro atoms. The Balaban J connectivity index is 2.42. The van der Waals surface area contributed by atoms with E-state index in [-0.39, 0.29) is 12.5 Å². The van der Waals surface area contributed by atoms with Gasteiger partial charge < -0.3 is 10.1 Å². The fraction of sp³-hybridized carbons (Fsp3) is 0.692. The number of ether oxygens (including phenoxy) is 1. The fourth-order valence-corrected chi connectivity index (χ4v) is 7.71. The first-order valence-electron chi connectivity index (χ1n) is 13.0. The SMILES string of the molecule is CCCCCCCCCCCC(=O)NCC(=O)Oc1ccc(S(C)(CCCC)OS(=O)(=O)OC)cc1. The molecule has 1 amide bonds. The van der Waals surface area contributed by atoms with E-state index in [1.54, 1.807) is 30.5 Å². The molecule has 36 heavy (non-hydrogen) atoms. The monoisotopic (exact) mass is 547 g/mol. The van der Waals surface area contributed by atoms with Crippen LogP contribution in [0, 0.1) is 0 Å². The van der Waals surface area contributed by atoms with Crippen LogP contribution in [-0.2, 0) is 27.8 Å². The summed E-state index contributed by atoms with van der Waals surface area (Å²) in [5, 5.41) is 2.61. The summed E-state index contributed by atoms with van der Waals surface area (Å²) >= 11 is 0. The smallest absolute Gasteiger partial charge is 0.409 e. The molecule has 1 aromatic rings. The number of benzene rings is 1. The zero-order valence-electron chi connectivity index (χ0n) is 22.4. The van der Waals surface area contributed by atoms with E-state index < -0.39 is 26.7 Å². The molecule has 1 unspecified atom stereocenters. The maximum absolute atomic E-state index is 12.1. The minimum atomic E-state index is -4.11. The second-order valence-electron chi connectivity index (χ2n) is 9.01. The van der Waals surface area contributed by atoms with E-state index in [0.29, 0.717) is 22.8 Å². The number of rotatable bonds is 20. The first-order valence-corrected chi connectivity index (χ1v) is 16.5. The van der Waals surface area contributed by atoms with E-state index in [0.717, 1.165) is 39.2 Å². The average molecular weight is 548 g/mol. The summed E-state index contributed by atoms with van der Waals surface area (Å²) in [4.78, 5) is 24.8. The highest BCUT2D eigenvalue weighted by molar-refractivity contribution is 8.32. The van der Waals surface area contributed by atoms with Crippen LogP contribution in [0.2, 0.25) is 0 Å². The summed E-state index contributed by atoms with van der Waals surface area (Å²) in [6.07, 6.45) is 14.5. The van der Waals surface area contributed by atoms with Gasteiger partial charge in [0.2, 0.25) is 5.91 Å². The van der Waals surface area contributed by atoms with Gasteiger partial charge >= 0.3 is 16.4 Å². The van der Waals surface area contributed by atoms with Crippen molar-refractivity contribution in [3.63, 3.8) is 0 Å². The van der Waals surface area contributed by atoms with Gasteiger partial charge in [0.1, 0.15) is 12.3 Å². The summed E-state index contributed by atoms with van der Waals surface area (Å²) in [7, 11) is -5.19. The Kier molecular flexibility index (Phi) is 16.0. The summed E-state index contributed by atoms with van der Waals surface area (Å²) < 4.78 is 39.0. The minimum Gasteiger partial charge on any atom is -0.425 e. The Morgan fingerprint density at radius 2 is 1.39 bits per heavy atom. The first-order chi connectivity index (χ1) is 17.2. The Bertz CT molecular complexity index is 875. The van der Waals surface area contributed by atoms with Gasteiger partial charge in [0, 0.05) is 17.1 Å². The van der Waals surface area contributed by atoms with Gasteiger partial charge in [0.15, 0.2) is 0 Å². The molecule has 0 radical (unpaired) electrons. The zero-order chi connectivity index (χ0) is 26.9.